The van der Waals surface area contributed by atoms with Crippen LogP contribution >= 0.6 is 23.2 Å². The Morgan fingerprint density at radius 2 is 1.81 bits per heavy atom. The minimum absolute atomic E-state index is 0.0171. The van der Waals surface area contributed by atoms with Crippen LogP contribution in [0.1, 0.15) is 12.5 Å². The summed E-state index contributed by atoms with van der Waals surface area (Å²) in [5.74, 6) is -1.76. The van der Waals surface area contributed by atoms with E-state index in [0.717, 1.165) is 15.5 Å². The number of halogens is 3. The van der Waals surface area contributed by atoms with Crippen LogP contribution < -0.4 is 9.62 Å². The number of sulfonamides is 1. The van der Waals surface area contributed by atoms with Crippen LogP contribution in [-0.4, -0.2) is 51.0 Å². The van der Waals surface area contributed by atoms with E-state index in [9.17, 15) is 22.4 Å². The number of nitrogens with one attached hydrogen (secondary N) is 1. The van der Waals surface area contributed by atoms with Crippen LogP contribution in [0.2, 0.25) is 10.0 Å². The van der Waals surface area contributed by atoms with Crippen molar-refractivity contribution >= 4 is 50.7 Å². The van der Waals surface area contributed by atoms with Crippen molar-refractivity contribution in [3.05, 3.63) is 63.9 Å². The van der Waals surface area contributed by atoms with Crippen LogP contribution in [-0.2, 0) is 26.2 Å². The van der Waals surface area contributed by atoms with Gasteiger partial charge in [-0.1, -0.05) is 41.4 Å². The van der Waals surface area contributed by atoms with Gasteiger partial charge < -0.3 is 10.2 Å². The van der Waals surface area contributed by atoms with Crippen LogP contribution in [0.4, 0.5) is 10.1 Å². The van der Waals surface area contributed by atoms with Crippen molar-refractivity contribution in [1.29, 1.82) is 0 Å². The molecular weight excluding hydrogens is 468 g/mol. The second-order valence-electron chi connectivity index (χ2n) is 6.77. The largest absolute Gasteiger partial charge is 0.357 e. The molecule has 2 rings (SSSR count). The molecule has 0 bridgehead atoms. The second-order valence-corrected chi connectivity index (χ2v) is 9.52. The zero-order valence-electron chi connectivity index (χ0n) is 17.1. The highest BCUT2D eigenvalue weighted by atomic mass is 35.5. The van der Waals surface area contributed by atoms with Gasteiger partial charge in [-0.05, 0) is 31.2 Å². The van der Waals surface area contributed by atoms with Crippen molar-refractivity contribution in [1.82, 2.24) is 10.2 Å². The SMILES string of the molecule is CNC(=O)C(C)N(Cc1ccccc1F)C(=O)CN(c1cc(Cl)ccc1Cl)S(C)(=O)=O. The molecule has 0 heterocycles. The molecule has 2 amide bonds. The smallest absolute Gasteiger partial charge is 0.244 e. The Morgan fingerprint density at radius 3 is 2.39 bits per heavy atom. The molecule has 0 saturated heterocycles. The zero-order valence-corrected chi connectivity index (χ0v) is 19.4. The normalized spacial score (nSPS) is 12.2. The van der Waals surface area contributed by atoms with Gasteiger partial charge in [-0.25, -0.2) is 12.8 Å². The molecule has 0 aliphatic carbocycles. The Labute approximate surface area is 190 Å². The first-order chi connectivity index (χ1) is 14.5. The van der Waals surface area contributed by atoms with Crippen LogP contribution in [0.5, 0.6) is 0 Å². The highest BCUT2D eigenvalue weighted by Gasteiger charge is 2.31. The van der Waals surface area contributed by atoms with Gasteiger partial charge in [0.2, 0.25) is 21.8 Å². The summed E-state index contributed by atoms with van der Waals surface area (Å²) < 4.78 is 39.9. The molecule has 2 aromatic carbocycles. The fourth-order valence-corrected chi connectivity index (χ4v) is 4.16. The van der Waals surface area contributed by atoms with E-state index >= 15 is 0 Å². The molecule has 2 aromatic rings. The lowest BCUT2D eigenvalue weighted by atomic mass is 10.1. The molecule has 0 aliphatic rings. The minimum atomic E-state index is -3.95. The number of carbonyl (C=O) groups excluding carboxylic acids is 2. The maximum Gasteiger partial charge on any atom is 0.244 e. The van der Waals surface area contributed by atoms with Crippen LogP contribution in [0.25, 0.3) is 0 Å². The lowest BCUT2D eigenvalue weighted by Gasteiger charge is -2.31. The summed E-state index contributed by atoms with van der Waals surface area (Å²) in [5.41, 5.74) is 0.196. The van der Waals surface area contributed by atoms with Crippen LogP contribution in [0.3, 0.4) is 0 Å². The third-order valence-electron chi connectivity index (χ3n) is 4.57. The zero-order chi connectivity index (χ0) is 23.3. The quantitative estimate of drug-likeness (QED) is 0.617. The Bertz CT molecular complexity index is 1080. The molecule has 7 nitrogen and oxygen atoms in total. The van der Waals surface area contributed by atoms with Gasteiger partial charge >= 0.3 is 0 Å². The monoisotopic (exact) mass is 489 g/mol. The van der Waals surface area contributed by atoms with Gasteiger partial charge in [-0.2, -0.15) is 0 Å². The summed E-state index contributed by atoms with van der Waals surface area (Å²) >= 11 is 12.1. The predicted molar refractivity (Wildman–Crippen MR) is 119 cm³/mol. The summed E-state index contributed by atoms with van der Waals surface area (Å²) in [4.78, 5) is 26.5. The molecule has 0 aromatic heterocycles. The number of rotatable bonds is 8. The summed E-state index contributed by atoms with van der Waals surface area (Å²) in [6.45, 7) is 0.574. The van der Waals surface area contributed by atoms with E-state index in [1.165, 1.54) is 50.4 Å². The van der Waals surface area contributed by atoms with Crippen molar-refractivity contribution in [2.75, 3.05) is 24.2 Å². The maximum atomic E-state index is 14.2. The van der Waals surface area contributed by atoms with E-state index in [1.807, 2.05) is 0 Å². The topological polar surface area (TPSA) is 86.8 Å². The van der Waals surface area contributed by atoms with Gasteiger partial charge in [0.25, 0.3) is 0 Å². The predicted octanol–water partition coefficient (Wildman–Crippen LogP) is 3.06. The molecule has 1 atom stereocenters. The Kier molecular flexibility index (Phi) is 8.27. The van der Waals surface area contributed by atoms with E-state index in [2.05, 4.69) is 5.32 Å². The first-order valence-corrected chi connectivity index (χ1v) is 11.7. The van der Waals surface area contributed by atoms with E-state index in [0.29, 0.717) is 0 Å². The first-order valence-electron chi connectivity index (χ1n) is 9.13. The van der Waals surface area contributed by atoms with Gasteiger partial charge in [0.15, 0.2) is 0 Å². The number of amides is 2. The average molecular weight is 490 g/mol. The molecule has 168 valence electrons. The Hall–Kier alpha value is -2.36. The van der Waals surface area contributed by atoms with Crippen molar-refractivity contribution in [2.24, 2.45) is 0 Å². The number of hydrogen-bond donors (Lipinski definition) is 1. The molecule has 0 saturated carbocycles. The Morgan fingerprint density at radius 1 is 1.16 bits per heavy atom. The van der Waals surface area contributed by atoms with Gasteiger partial charge in [0, 0.05) is 24.2 Å². The highest BCUT2D eigenvalue weighted by molar-refractivity contribution is 7.92. The summed E-state index contributed by atoms with van der Waals surface area (Å²) in [5, 5.41) is 2.73. The van der Waals surface area contributed by atoms with E-state index in [4.69, 9.17) is 23.2 Å². The summed E-state index contributed by atoms with van der Waals surface area (Å²) in [6.07, 6.45) is 0.918. The third-order valence-corrected chi connectivity index (χ3v) is 6.25. The molecule has 0 fully saturated rings. The third kappa shape index (κ3) is 6.32. The van der Waals surface area contributed by atoms with E-state index in [-0.39, 0.29) is 27.8 Å². The van der Waals surface area contributed by atoms with Gasteiger partial charge in [0.1, 0.15) is 18.4 Å². The lowest BCUT2D eigenvalue weighted by molar-refractivity contribution is -0.139. The Balaban J connectivity index is 2.45. The summed E-state index contributed by atoms with van der Waals surface area (Å²) in [6, 6.07) is 9.03. The number of nitrogens with zero attached hydrogens (tertiary/aromatic N) is 2. The molecule has 0 aliphatic heterocycles. The number of benzene rings is 2. The molecular formula is C20H22Cl2FN3O4S. The lowest BCUT2D eigenvalue weighted by Crippen LogP contribution is -2.50. The van der Waals surface area contributed by atoms with Crippen molar-refractivity contribution in [3.63, 3.8) is 0 Å². The van der Waals surface area contributed by atoms with Crippen LogP contribution in [0, 0.1) is 5.82 Å². The van der Waals surface area contributed by atoms with Crippen molar-refractivity contribution < 1.29 is 22.4 Å². The standard InChI is InChI=1S/C20H22Cl2FN3O4S/c1-13(20(28)24-2)25(11-14-6-4-5-7-17(14)23)19(27)12-26(31(3,29)30)18-10-15(21)8-9-16(18)22/h4-10,13H,11-12H2,1-3H3,(H,24,28). The van der Waals surface area contributed by atoms with Crippen LogP contribution in [0.15, 0.2) is 42.5 Å². The molecule has 0 radical (unpaired) electrons. The van der Waals surface area contributed by atoms with E-state index in [1.54, 1.807) is 6.07 Å². The van der Waals surface area contributed by atoms with Crippen molar-refractivity contribution in [2.45, 2.75) is 19.5 Å². The van der Waals surface area contributed by atoms with Crippen molar-refractivity contribution in [3.8, 4) is 0 Å². The fraction of sp³-hybridized carbons (Fsp3) is 0.300. The van der Waals surface area contributed by atoms with E-state index < -0.39 is 40.2 Å². The molecule has 31 heavy (non-hydrogen) atoms. The fourth-order valence-electron chi connectivity index (χ4n) is 2.87. The minimum Gasteiger partial charge on any atom is -0.357 e. The van der Waals surface area contributed by atoms with Gasteiger partial charge in [-0.3, -0.25) is 13.9 Å². The number of likely N-dealkylation sites (N-methyl/N-ethyl adjacent to an activating group) is 1. The molecule has 0 spiro atoms. The summed E-state index contributed by atoms with van der Waals surface area (Å²) in [7, 11) is -2.55. The number of anilines is 1. The van der Waals surface area contributed by atoms with Gasteiger partial charge in [-0.15, -0.1) is 0 Å². The number of hydrogen-bond acceptors (Lipinski definition) is 4. The second kappa shape index (κ2) is 10.3. The maximum absolute atomic E-state index is 14.2. The first kappa shape index (κ1) is 24.9. The molecule has 1 unspecified atom stereocenters. The molecule has 11 heteroatoms. The highest BCUT2D eigenvalue weighted by Crippen LogP contribution is 2.31. The molecule has 1 N–H and O–H groups in total. The van der Waals surface area contributed by atoms with Gasteiger partial charge in [0.05, 0.1) is 17.0 Å². The average Bonchev–Trinajstić information content (AvgIpc) is 2.71. The number of carbonyl (C=O) groups is 2.